The minimum atomic E-state index is -0.677. The topological polar surface area (TPSA) is 36.4 Å². The van der Waals surface area contributed by atoms with Crippen molar-refractivity contribution in [3.05, 3.63) is 40.4 Å². The lowest BCUT2D eigenvalue weighted by atomic mass is 10.2. The van der Waals surface area contributed by atoms with Gasteiger partial charge in [0.15, 0.2) is 0 Å². The van der Waals surface area contributed by atoms with Crippen LogP contribution >= 0.6 is 11.3 Å². The van der Waals surface area contributed by atoms with Gasteiger partial charge in [-0.3, -0.25) is 4.79 Å². The van der Waals surface area contributed by atoms with Gasteiger partial charge >= 0.3 is 0 Å². The van der Waals surface area contributed by atoms with Gasteiger partial charge in [-0.1, -0.05) is 19.9 Å². The smallest absolute Gasteiger partial charge is 0.265 e. The number of benzene rings is 1. The van der Waals surface area contributed by atoms with Crippen molar-refractivity contribution in [1.29, 1.82) is 0 Å². The Balaban J connectivity index is 2.16. The van der Waals surface area contributed by atoms with Crippen molar-refractivity contribution in [2.45, 2.75) is 27.2 Å². The number of carbonyl (C=O) groups is 1. The van der Waals surface area contributed by atoms with Gasteiger partial charge in [0.1, 0.15) is 21.5 Å². The molecule has 0 atom stereocenters. The number of thiazole rings is 1. The molecule has 0 unspecified atom stereocenters. The van der Waals surface area contributed by atoms with Gasteiger partial charge in [0.05, 0.1) is 11.3 Å². The molecule has 0 radical (unpaired) electrons. The van der Waals surface area contributed by atoms with Crippen LogP contribution in [0.25, 0.3) is 10.6 Å². The first-order chi connectivity index (χ1) is 12.4. The number of nitrogens with zero attached hydrogens (tertiary/aromatic N) is 3. The molecule has 0 aliphatic carbocycles. The predicted octanol–water partition coefficient (Wildman–Crippen LogP) is 4.20. The number of halogens is 2. The highest BCUT2D eigenvalue weighted by Crippen LogP contribution is 2.32. The predicted molar refractivity (Wildman–Crippen MR) is 102 cm³/mol. The van der Waals surface area contributed by atoms with Crippen LogP contribution in [0.5, 0.6) is 0 Å². The molecule has 0 N–H and O–H groups in total. The SMILES string of the molecule is CCCN(CC)CCN(C)C(=O)c1sc(-c2c(F)cccc2F)nc1C. The van der Waals surface area contributed by atoms with E-state index < -0.39 is 11.6 Å². The van der Waals surface area contributed by atoms with Crippen molar-refractivity contribution in [2.75, 3.05) is 33.2 Å². The highest BCUT2D eigenvalue weighted by atomic mass is 32.1. The molecule has 1 aromatic carbocycles. The molecule has 2 aromatic rings. The zero-order valence-corrected chi connectivity index (χ0v) is 16.5. The summed E-state index contributed by atoms with van der Waals surface area (Å²) in [6, 6.07) is 3.69. The first-order valence-corrected chi connectivity index (χ1v) is 9.60. The van der Waals surface area contributed by atoms with Crippen LogP contribution in [0, 0.1) is 18.6 Å². The van der Waals surface area contributed by atoms with Crippen molar-refractivity contribution >= 4 is 17.2 Å². The summed E-state index contributed by atoms with van der Waals surface area (Å²) in [5, 5.41) is 0.191. The molecule has 1 amide bonds. The van der Waals surface area contributed by atoms with Gasteiger partial charge in [-0.2, -0.15) is 0 Å². The fourth-order valence-corrected chi connectivity index (χ4v) is 3.82. The van der Waals surface area contributed by atoms with Crippen LogP contribution < -0.4 is 0 Å². The third-order valence-corrected chi connectivity index (χ3v) is 5.42. The fraction of sp³-hybridized carbons (Fsp3) is 0.474. The molecule has 7 heteroatoms. The lowest BCUT2D eigenvalue weighted by Gasteiger charge is -2.23. The Bertz CT molecular complexity index is 743. The molecule has 142 valence electrons. The maximum Gasteiger partial charge on any atom is 0.265 e. The fourth-order valence-electron chi connectivity index (χ4n) is 2.71. The van der Waals surface area contributed by atoms with Crippen LogP contribution in [0.2, 0.25) is 0 Å². The molecule has 0 spiro atoms. The number of amides is 1. The quantitative estimate of drug-likeness (QED) is 0.688. The minimum Gasteiger partial charge on any atom is -0.340 e. The van der Waals surface area contributed by atoms with E-state index >= 15 is 0 Å². The number of likely N-dealkylation sites (N-methyl/N-ethyl adjacent to an activating group) is 2. The van der Waals surface area contributed by atoms with E-state index in [2.05, 4.69) is 23.7 Å². The standard InChI is InChI=1S/C19H25F2N3OS/c1-5-10-24(6-2)12-11-23(4)19(25)17-13(3)22-18(26-17)16-14(20)8-7-9-15(16)21/h7-9H,5-6,10-12H2,1-4H3. The summed E-state index contributed by atoms with van der Waals surface area (Å²) in [6.45, 7) is 9.23. The molecule has 0 saturated carbocycles. The molecular weight excluding hydrogens is 356 g/mol. The summed E-state index contributed by atoms with van der Waals surface area (Å²) in [4.78, 5) is 21.3. The second kappa shape index (κ2) is 9.19. The van der Waals surface area contributed by atoms with Gasteiger partial charge in [0, 0.05) is 20.1 Å². The van der Waals surface area contributed by atoms with Crippen molar-refractivity contribution in [3.8, 4) is 10.6 Å². The number of rotatable bonds is 8. The molecule has 2 rings (SSSR count). The average Bonchev–Trinajstić information content (AvgIpc) is 2.98. The second-order valence-electron chi connectivity index (χ2n) is 6.19. The first-order valence-electron chi connectivity index (χ1n) is 8.78. The summed E-state index contributed by atoms with van der Waals surface area (Å²) >= 11 is 1.03. The van der Waals surface area contributed by atoms with E-state index in [1.165, 1.54) is 18.2 Å². The minimum absolute atomic E-state index is 0.171. The number of aryl methyl sites for hydroxylation is 1. The number of hydrogen-bond acceptors (Lipinski definition) is 4. The van der Waals surface area contributed by atoms with Crippen LogP contribution in [0.1, 0.15) is 35.6 Å². The van der Waals surface area contributed by atoms with Gasteiger partial charge in [0.25, 0.3) is 5.91 Å². The first kappa shape index (κ1) is 20.5. The molecule has 26 heavy (non-hydrogen) atoms. The molecule has 1 heterocycles. The summed E-state index contributed by atoms with van der Waals surface area (Å²) < 4.78 is 28.0. The van der Waals surface area contributed by atoms with Crippen LogP contribution in [-0.2, 0) is 0 Å². The second-order valence-corrected chi connectivity index (χ2v) is 7.19. The van der Waals surface area contributed by atoms with E-state index in [0.717, 1.165) is 37.4 Å². The molecule has 1 aromatic heterocycles. The summed E-state index contributed by atoms with van der Waals surface area (Å²) in [5.41, 5.74) is 0.313. The third kappa shape index (κ3) is 4.65. The highest BCUT2D eigenvalue weighted by molar-refractivity contribution is 7.17. The molecule has 0 bridgehead atoms. The Morgan fingerprint density at radius 2 is 1.81 bits per heavy atom. The Morgan fingerprint density at radius 3 is 2.38 bits per heavy atom. The third-order valence-electron chi connectivity index (χ3n) is 4.25. The van der Waals surface area contributed by atoms with Crippen molar-refractivity contribution in [2.24, 2.45) is 0 Å². The number of hydrogen-bond donors (Lipinski definition) is 0. The Morgan fingerprint density at radius 1 is 1.15 bits per heavy atom. The molecular formula is C19H25F2N3OS. The number of carbonyl (C=O) groups excluding carboxylic acids is 1. The Kier molecular flexibility index (Phi) is 7.23. The van der Waals surface area contributed by atoms with Crippen LogP contribution in [0.3, 0.4) is 0 Å². The maximum absolute atomic E-state index is 14.0. The van der Waals surface area contributed by atoms with Gasteiger partial charge in [-0.25, -0.2) is 13.8 Å². The summed E-state index contributed by atoms with van der Waals surface area (Å²) in [6.07, 6.45) is 1.07. The largest absolute Gasteiger partial charge is 0.340 e. The van der Waals surface area contributed by atoms with Crippen molar-refractivity contribution in [1.82, 2.24) is 14.8 Å². The zero-order valence-electron chi connectivity index (χ0n) is 15.7. The lowest BCUT2D eigenvalue weighted by molar-refractivity contribution is 0.0782. The highest BCUT2D eigenvalue weighted by Gasteiger charge is 2.22. The van der Waals surface area contributed by atoms with Gasteiger partial charge in [-0.15, -0.1) is 11.3 Å². The number of aromatic nitrogens is 1. The van der Waals surface area contributed by atoms with Crippen LogP contribution in [-0.4, -0.2) is 53.9 Å². The molecule has 0 saturated heterocycles. The van der Waals surface area contributed by atoms with Crippen molar-refractivity contribution in [3.63, 3.8) is 0 Å². The molecule has 0 fully saturated rings. The Hall–Kier alpha value is -1.86. The average molecular weight is 381 g/mol. The van der Waals surface area contributed by atoms with Crippen molar-refractivity contribution < 1.29 is 13.6 Å². The summed E-state index contributed by atoms with van der Waals surface area (Å²) in [7, 11) is 1.74. The van der Waals surface area contributed by atoms with E-state index in [9.17, 15) is 13.6 Å². The summed E-state index contributed by atoms with van der Waals surface area (Å²) in [5.74, 6) is -1.52. The van der Waals surface area contributed by atoms with Crippen LogP contribution in [0.4, 0.5) is 8.78 Å². The van der Waals surface area contributed by atoms with E-state index in [4.69, 9.17) is 0 Å². The van der Waals surface area contributed by atoms with E-state index in [1.54, 1.807) is 18.9 Å². The zero-order chi connectivity index (χ0) is 19.3. The van der Waals surface area contributed by atoms with E-state index in [-0.39, 0.29) is 16.5 Å². The Labute approximate surface area is 157 Å². The molecule has 0 aliphatic rings. The monoisotopic (exact) mass is 381 g/mol. The van der Waals surface area contributed by atoms with Gasteiger partial charge in [0.2, 0.25) is 0 Å². The molecule has 0 aliphatic heterocycles. The normalized spacial score (nSPS) is 11.2. The van der Waals surface area contributed by atoms with Gasteiger partial charge in [-0.05, 0) is 38.6 Å². The van der Waals surface area contributed by atoms with Gasteiger partial charge < -0.3 is 9.80 Å². The van der Waals surface area contributed by atoms with E-state index in [1.807, 2.05) is 0 Å². The van der Waals surface area contributed by atoms with Crippen LogP contribution in [0.15, 0.2) is 18.2 Å². The van der Waals surface area contributed by atoms with E-state index in [0.29, 0.717) is 17.1 Å². The lowest BCUT2D eigenvalue weighted by Crippen LogP contribution is -2.36. The molecule has 4 nitrogen and oxygen atoms in total. The maximum atomic E-state index is 14.0.